The zero-order valence-electron chi connectivity index (χ0n) is 16.8. The van der Waals surface area contributed by atoms with Crippen molar-refractivity contribution in [3.05, 3.63) is 30.3 Å². The molecule has 2 heterocycles. The topological polar surface area (TPSA) is 69.2 Å². The number of methoxy groups -OCH3 is 1. The number of halogens is 1. The van der Waals surface area contributed by atoms with Crippen molar-refractivity contribution in [1.29, 1.82) is 0 Å². The van der Waals surface area contributed by atoms with E-state index in [-0.39, 0.29) is 35.9 Å². The molecule has 0 saturated carbocycles. The van der Waals surface area contributed by atoms with Crippen molar-refractivity contribution in [3.63, 3.8) is 0 Å². The molecule has 2 aliphatic heterocycles. The van der Waals surface area contributed by atoms with Crippen LogP contribution in [0.2, 0.25) is 0 Å². The number of aliphatic imine (C=N–C) groups is 1. The first-order valence-corrected chi connectivity index (χ1v) is 9.77. The summed E-state index contributed by atoms with van der Waals surface area (Å²) < 4.78 is 5.21. The summed E-state index contributed by atoms with van der Waals surface area (Å²) in [5, 5.41) is 6.85. The quantitative estimate of drug-likeness (QED) is 0.338. The smallest absolute Gasteiger partial charge is 0.229 e. The summed E-state index contributed by atoms with van der Waals surface area (Å²) in [4.78, 5) is 21.0. The van der Waals surface area contributed by atoms with Gasteiger partial charge in [0.1, 0.15) is 0 Å². The Hall–Kier alpha value is -1.39. The van der Waals surface area contributed by atoms with Gasteiger partial charge in [0.15, 0.2) is 5.96 Å². The van der Waals surface area contributed by atoms with Crippen LogP contribution in [-0.4, -0.2) is 75.8 Å². The molecular formula is C20H32IN5O2. The minimum absolute atomic E-state index is 0. The highest BCUT2D eigenvalue weighted by molar-refractivity contribution is 14.0. The van der Waals surface area contributed by atoms with E-state index >= 15 is 0 Å². The third kappa shape index (κ3) is 6.05. The number of anilines is 1. The van der Waals surface area contributed by atoms with Gasteiger partial charge in [-0.2, -0.15) is 0 Å². The van der Waals surface area contributed by atoms with Gasteiger partial charge in [0.05, 0.1) is 12.6 Å². The number of para-hydroxylation sites is 1. The Morgan fingerprint density at radius 3 is 2.82 bits per heavy atom. The number of hydrogen-bond donors (Lipinski definition) is 2. The number of hydrogen-bond acceptors (Lipinski definition) is 4. The second kappa shape index (κ2) is 11.6. The molecule has 1 aromatic rings. The van der Waals surface area contributed by atoms with Gasteiger partial charge >= 0.3 is 0 Å². The third-order valence-corrected chi connectivity index (χ3v) is 5.34. The van der Waals surface area contributed by atoms with Gasteiger partial charge in [-0.3, -0.25) is 14.7 Å². The molecule has 0 spiro atoms. The molecule has 1 aromatic carbocycles. The van der Waals surface area contributed by atoms with Crippen LogP contribution < -0.4 is 15.5 Å². The van der Waals surface area contributed by atoms with Crippen LogP contribution in [0.25, 0.3) is 0 Å². The Morgan fingerprint density at radius 1 is 1.32 bits per heavy atom. The molecule has 2 atom stereocenters. The zero-order chi connectivity index (χ0) is 19.1. The fourth-order valence-electron chi connectivity index (χ4n) is 3.89. The van der Waals surface area contributed by atoms with Gasteiger partial charge < -0.3 is 20.3 Å². The van der Waals surface area contributed by atoms with E-state index in [9.17, 15) is 4.79 Å². The lowest BCUT2D eigenvalue weighted by atomic mass is 10.2. The number of carbonyl (C=O) groups is 1. The Kier molecular flexibility index (Phi) is 9.46. The van der Waals surface area contributed by atoms with Gasteiger partial charge in [-0.1, -0.05) is 18.2 Å². The minimum atomic E-state index is 0. The highest BCUT2D eigenvalue weighted by Crippen LogP contribution is 2.21. The van der Waals surface area contributed by atoms with Gasteiger partial charge in [-0.25, -0.2) is 0 Å². The van der Waals surface area contributed by atoms with Crippen LogP contribution in [0.15, 0.2) is 35.3 Å². The fourth-order valence-corrected chi connectivity index (χ4v) is 3.89. The SMILES string of the molecule is CN=C(NCC1CCCN1CCOC)NC1CC(=O)N(c2ccccc2)C1.I. The molecule has 2 saturated heterocycles. The molecule has 2 N–H and O–H groups in total. The molecule has 2 aliphatic rings. The number of nitrogens with zero attached hydrogens (tertiary/aromatic N) is 3. The number of likely N-dealkylation sites (tertiary alicyclic amines) is 1. The first-order valence-electron chi connectivity index (χ1n) is 9.77. The summed E-state index contributed by atoms with van der Waals surface area (Å²) in [5.74, 6) is 0.914. The maximum Gasteiger partial charge on any atom is 0.229 e. The van der Waals surface area contributed by atoms with Gasteiger partial charge in [0.25, 0.3) is 0 Å². The fraction of sp³-hybridized carbons (Fsp3) is 0.600. The highest BCUT2D eigenvalue weighted by atomic mass is 127. The lowest BCUT2D eigenvalue weighted by molar-refractivity contribution is -0.117. The Labute approximate surface area is 184 Å². The molecule has 0 aromatic heterocycles. The molecule has 2 unspecified atom stereocenters. The summed E-state index contributed by atoms with van der Waals surface area (Å²) in [7, 11) is 3.52. The molecule has 28 heavy (non-hydrogen) atoms. The van der Waals surface area contributed by atoms with Crippen molar-refractivity contribution in [3.8, 4) is 0 Å². The number of ether oxygens (including phenoxy) is 1. The van der Waals surface area contributed by atoms with E-state index in [1.165, 1.54) is 12.8 Å². The number of guanidine groups is 1. The van der Waals surface area contributed by atoms with Crippen molar-refractivity contribution in [2.24, 2.45) is 4.99 Å². The van der Waals surface area contributed by atoms with E-state index in [1.54, 1.807) is 14.2 Å². The molecule has 2 fully saturated rings. The number of benzene rings is 1. The molecule has 8 heteroatoms. The second-order valence-electron chi connectivity index (χ2n) is 7.16. The van der Waals surface area contributed by atoms with E-state index < -0.39 is 0 Å². The van der Waals surface area contributed by atoms with Crippen LogP contribution in [0.1, 0.15) is 19.3 Å². The predicted octanol–water partition coefficient (Wildman–Crippen LogP) is 1.69. The van der Waals surface area contributed by atoms with Crippen molar-refractivity contribution >= 4 is 41.5 Å². The number of rotatable bonds is 7. The molecule has 0 bridgehead atoms. The normalized spacial score (nSPS) is 23.0. The molecule has 156 valence electrons. The van der Waals surface area contributed by atoms with Gasteiger partial charge in [0, 0.05) is 51.9 Å². The van der Waals surface area contributed by atoms with Crippen molar-refractivity contribution in [2.45, 2.75) is 31.3 Å². The van der Waals surface area contributed by atoms with Crippen LogP contribution in [0, 0.1) is 0 Å². The lowest BCUT2D eigenvalue weighted by Crippen LogP contribution is -2.48. The summed E-state index contributed by atoms with van der Waals surface area (Å²) in [6, 6.07) is 10.4. The molecule has 1 amide bonds. The van der Waals surface area contributed by atoms with Crippen molar-refractivity contribution in [1.82, 2.24) is 15.5 Å². The third-order valence-electron chi connectivity index (χ3n) is 5.34. The molecule has 0 radical (unpaired) electrons. The average molecular weight is 501 g/mol. The van der Waals surface area contributed by atoms with Crippen LogP contribution in [0.4, 0.5) is 5.69 Å². The zero-order valence-corrected chi connectivity index (χ0v) is 19.1. The highest BCUT2D eigenvalue weighted by Gasteiger charge is 2.31. The van der Waals surface area contributed by atoms with Crippen LogP contribution in [0.3, 0.4) is 0 Å². The van der Waals surface area contributed by atoms with E-state index in [2.05, 4.69) is 20.5 Å². The van der Waals surface area contributed by atoms with Gasteiger partial charge in [-0.15, -0.1) is 24.0 Å². The number of carbonyl (C=O) groups excluding carboxylic acids is 1. The maximum atomic E-state index is 12.4. The monoisotopic (exact) mass is 501 g/mol. The Bertz CT molecular complexity index is 643. The molecule has 3 rings (SSSR count). The van der Waals surface area contributed by atoms with Crippen LogP contribution >= 0.6 is 24.0 Å². The first kappa shape index (κ1) is 22.9. The summed E-state index contributed by atoms with van der Waals surface area (Å²) in [6.07, 6.45) is 2.90. The Balaban J connectivity index is 0.00000280. The summed E-state index contributed by atoms with van der Waals surface area (Å²) >= 11 is 0. The summed E-state index contributed by atoms with van der Waals surface area (Å²) in [6.45, 7) is 4.38. The van der Waals surface area contributed by atoms with E-state index in [0.717, 1.165) is 37.9 Å². The number of amides is 1. The molecule has 7 nitrogen and oxygen atoms in total. The first-order chi connectivity index (χ1) is 13.2. The van der Waals surface area contributed by atoms with Crippen molar-refractivity contribution in [2.75, 3.05) is 51.8 Å². The average Bonchev–Trinajstić information content (AvgIpc) is 3.30. The van der Waals surface area contributed by atoms with Crippen LogP contribution in [0.5, 0.6) is 0 Å². The maximum absolute atomic E-state index is 12.4. The summed E-state index contributed by atoms with van der Waals surface area (Å²) in [5.41, 5.74) is 0.953. The second-order valence-corrected chi connectivity index (χ2v) is 7.16. The van der Waals surface area contributed by atoms with E-state index in [1.807, 2.05) is 35.2 Å². The Morgan fingerprint density at radius 2 is 2.11 bits per heavy atom. The lowest BCUT2D eigenvalue weighted by Gasteiger charge is -2.25. The van der Waals surface area contributed by atoms with E-state index in [4.69, 9.17) is 4.74 Å². The van der Waals surface area contributed by atoms with E-state index in [0.29, 0.717) is 19.0 Å². The van der Waals surface area contributed by atoms with Crippen molar-refractivity contribution < 1.29 is 9.53 Å². The van der Waals surface area contributed by atoms with Gasteiger partial charge in [-0.05, 0) is 31.5 Å². The molecule has 0 aliphatic carbocycles. The van der Waals surface area contributed by atoms with Gasteiger partial charge in [0.2, 0.25) is 5.91 Å². The minimum Gasteiger partial charge on any atom is -0.383 e. The molecular weight excluding hydrogens is 469 g/mol. The number of nitrogens with one attached hydrogen (secondary N) is 2. The standard InChI is InChI=1S/C20H31N5O2.HI/c1-21-20(22-14-18-9-6-10-24(18)11-12-27-2)23-16-13-19(26)25(15-16)17-7-4-3-5-8-17;/h3-5,7-8,16,18H,6,9-15H2,1-2H3,(H2,21,22,23);1H. The predicted molar refractivity (Wildman–Crippen MR) is 124 cm³/mol. The van der Waals surface area contributed by atoms with Crippen LogP contribution in [-0.2, 0) is 9.53 Å². The largest absolute Gasteiger partial charge is 0.383 e.